The van der Waals surface area contributed by atoms with E-state index in [-0.39, 0.29) is 0 Å². The van der Waals surface area contributed by atoms with Gasteiger partial charge in [-0.25, -0.2) is 0 Å². The summed E-state index contributed by atoms with van der Waals surface area (Å²) >= 11 is 1.74. The lowest BCUT2D eigenvalue weighted by atomic mass is 10.2. The number of nitrogens with zero attached hydrogens (tertiary/aromatic N) is 1. The first-order chi connectivity index (χ1) is 9.81. The van der Waals surface area contributed by atoms with E-state index in [9.17, 15) is 0 Å². The Morgan fingerprint density at radius 2 is 1.75 bits per heavy atom. The van der Waals surface area contributed by atoms with Crippen molar-refractivity contribution in [3.8, 4) is 11.8 Å². The molecule has 102 valence electrons. The number of benzene rings is 1. The van der Waals surface area contributed by atoms with E-state index in [2.05, 4.69) is 60.1 Å². The van der Waals surface area contributed by atoms with E-state index in [1.807, 2.05) is 0 Å². The minimum Gasteiger partial charge on any atom is -0.378 e. The summed E-state index contributed by atoms with van der Waals surface area (Å²) in [5.74, 6) is 6.44. The molecule has 0 atom stereocenters. The highest BCUT2D eigenvalue weighted by atomic mass is 32.1. The first kappa shape index (κ1) is 13.2. The summed E-state index contributed by atoms with van der Waals surface area (Å²) in [6.07, 6.45) is 0. The van der Waals surface area contributed by atoms with Gasteiger partial charge in [0.25, 0.3) is 0 Å². The van der Waals surface area contributed by atoms with Crippen molar-refractivity contribution in [2.45, 2.75) is 6.92 Å². The second kappa shape index (κ2) is 6.13. The van der Waals surface area contributed by atoms with Crippen LogP contribution in [0.15, 0.2) is 36.4 Å². The molecule has 1 aromatic carbocycles. The molecule has 0 spiro atoms. The predicted molar refractivity (Wildman–Crippen MR) is 84.5 cm³/mol. The maximum absolute atomic E-state index is 5.37. The molecule has 1 aromatic heterocycles. The van der Waals surface area contributed by atoms with E-state index in [4.69, 9.17) is 4.74 Å². The Balaban J connectivity index is 1.71. The second-order valence-corrected chi connectivity index (χ2v) is 6.09. The van der Waals surface area contributed by atoms with Gasteiger partial charge >= 0.3 is 0 Å². The van der Waals surface area contributed by atoms with Crippen LogP contribution in [0.5, 0.6) is 0 Å². The molecular formula is C17H17NOS. The highest BCUT2D eigenvalue weighted by molar-refractivity contribution is 7.12. The number of thiophene rings is 1. The first-order valence-electron chi connectivity index (χ1n) is 6.82. The summed E-state index contributed by atoms with van der Waals surface area (Å²) in [6, 6.07) is 12.7. The largest absolute Gasteiger partial charge is 0.378 e. The second-order valence-electron chi connectivity index (χ2n) is 4.81. The van der Waals surface area contributed by atoms with Crippen molar-refractivity contribution < 1.29 is 4.74 Å². The van der Waals surface area contributed by atoms with Crippen LogP contribution >= 0.6 is 11.3 Å². The molecule has 0 bridgehead atoms. The molecule has 0 N–H and O–H groups in total. The zero-order valence-electron chi connectivity index (χ0n) is 11.6. The van der Waals surface area contributed by atoms with Gasteiger partial charge in [-0.15, -0.1) is 11.3 Å². The van der Waals surface area contributed by atoms with Crippen LogP contribution in [0.3, 0.4) is 0 Å². The van der Waals surface area contributed by atoms with E-state index >= 15 is 0 Å². The van der Waals surface area contributed by atoms with Crippen molar-refractivity contribution in [3.05, 3.63) is 51.7 Å². The van der Waals surface area contributed by atoms with Gasteiger partial charge in [-0.1, -0.05) is 11.8 Å². The topological polar surface area (TPSA) is 12.5 Å². The first-order valence-corrected chi connectivity index (χ1v) is 7.64. The van der Waals surface area contributed by atoms with Crippen LogP contribution in [-0.2, 0) is 4.74 Å². The third-order valence-electron chi connectivity index (χ3n) is 3.31. The molecule has 2 aromatic rings. The van der Waals surface area contributed by atoms with Gasteiger partial charge in [0.1, 0.15) is 0 Å². The number of hydrogen-bond acceptors (Lipinski definition) is 3. The molecule has 0 amide bonds. The Hall–Kier alpha value is -1.76. The zero-order chi connectivity index (χ0) is 13.8. The summed E-state index contributed by atoms with van der Waals surface area (Å²) in [6.45, 7) is 5.69. The fourth-order valence-corrected chi connectivity index (χ4v) is 2.93. The van der Waals surface area contributed by atoms with Crippen LogP contribution in [0, 0.1) is 18.8 Å². The number of morpholine rings is 1. The van der Waals surface area contributed by atoms with Crippen LogP contribution in [0.2, 0.25) is 0 Å². The smallest absolute Gasteiger partial charge is 0.0775 e. The lowest BCUT2D eigenvalue weighted by Gasteiger charge is -2.28. The third-order valence-corrected chi connectivity index (χ3v) is 4.23. The fraction of sp³-hybridized carbons (Fsp3) is 0.294. The molecular weight excluding hydrogens is 266 g/mol. The highest BCUT2D eigenvalue weighted by Gasteiger charge is 2.10. The monoisotopic (exact) mass is 283 g/mol. The Morgan fingerprint density at radius 1 is 1.00 bits per heavy atom. The third kappa shape index (κ3) is 3.22. The molecule has 0 saturated carbocycles. The van der Waals surface area contributed by atoms with Crippen LogP contribution in [0.25, 0.3) is 0 Å². The van der Waals surface area contributed by atoms with Crippen molar-refractivity contribution >= 4 is 17.0 Å². The summed E-state index contributed by atoms with van der Waals surface area (Å²) in [4.78, 5) is 4.78. The maximum atomic E-state index is 5.37. The normalized spacial score (nSPS) is 14.8. The van der Waals surface area contributed by atoms with Gasteiger partial charge in [0.05, 0.1) is 18.1 Å². The molecule has 0 unspecified atom stereocenters. The van der Waals surface area contributed by atoms with Gasteiger partial charge in [-0.3, -0.25) is 0 Å². The minimum absolute atomic E-state index is 0.819. The SMILES string of the molecule is Cc1ccc(C#Cc2ccc(N3CCOCC3)cc2)s1. The molecule has 1 fully saturated rings. The van der Waals surface area contributed by atoms with Crippen LogP contribution in [-0.4, -0.2) is 26.3 Å². The summed E-state index contributed by atoms with van der Waals surface area (Å²) in [5, 5.41) is 0. The van der Waals surface area contributed by atoms with Crippen molar-refractivity contribution in [1.29, 1.82) is 0 Å². The van der Waals surface area contributed by atoms with E-state index in [0.717, 1.165) is 36.7 Å². The number of rotatable bonds is 1. The van der Waals surface area contributed by atoms with E-state index in [0.29, 0.717) is 0 Å². The van der Waals surface area contributed by atoms with Gasteiger partial charge in [0, 0.05) is 29.2 Å². The van der Waals surface area contributed by atoms with E-state index < -0.39 is 0 Å². The van der Waals surface area contributed by atoms with Gasteiger partial charge in [0.2, 0.25) is 0 Å². The molecule has 20 heavy (non-hydrogen) atoms. The summed E-state index contributed by atoms with van der Waals surface area (Å²) in [7, 11) is 0. The van der Waals surface area contributed by atoms with Crippen LogP contribution in [0.1, 0.15) is 15.3 Å². The van der Waals surface area contributed by atoms with Crippen molar-refractivity contribution in [2.75, 3.05) is 31.2 Å². The number of ether oxygens (including phenoxy) is 1. The Bertz CT molecular complexity index is 627. The quantitative estimate of drug-likeness (QED) is 0.745. The lowest BCUT2D eigenvalue weighted by Crippen LogP contribution is -2.36. The Labute approximate surface area is 124 Å². The lowest BCUT2D eigenvalue weighted by molar-refractivity contribution is 0.122. The minimum atomic E-state index is 0.819. The molecule has 0 aliphatic carbocycles. The number of anilines is 1. The van der Waals surface area contributed by atoms with Crippen molar-refractivity contribution in [1.82, 2.24) is 0 Å². The Morgan fingerprint density at radius 3 is 2.40 bits per heavy atom. The standard InChI is InChI=1S/C17H17NOS/c1-14-2-8-17(20-14)9-5-15-3-6-16(7-4-15)18-10-12-19-13-11-18/h2-4,6-8H,10-13H2,1H3. The van der Waals surface area contributed by atoms with E-state index in [1.165, 1.54) is 10.6 Å². The average molecular weight is 283 g/mol. The van der Waals surface area contributed by atoms with Crippen molar-refractivity contribution in [2.24, 2.45) is 0 Å². The fourth-order valence-electron chi connectivity index (χ4n) is 2.21. The average Bonchev–Trinajstić information content (AvgIpc) is 2.92. The molecule has 1 aliphatic rings. The van der Waals surface area contributed by atoms with Crippen LogP contribution in [0.4, 0.5) is 5.69 Å². The maximum Gasteiger partial charge on any atom is 0.0775 e. The molecule has 2 heterocycles. The number of hydrogen-bond donors (Lipinski definition) is 0. The zero-order valence-corrected chi connectivity index (χ0v) is 12.4. The molecule has 1 saturated heterocycles. The van der Waals surface area contributed by atoms with Gasteiger partial charge in [0.15, 0.2) is 0 Å². The summed E-state index contributed by atoms with van der Waals surface area (Å²) < 4.78 is 5.37. The van der Waals surface area contributed by atoms with E-state index in [1.54, 1.807) is 11.3 Å². The van der Waals surface area contributed by atoms with Gasteiger partial charge in [-0.05, 0) is 43.3 Å². The molecule has 1 aliphatic heterocycles. The van der Waals surface area contributed by atoms with Crippen LogP contribution < -0.4 is 4.90 Å². The summed E-state index contributed by atoms with van der Waals surface area (Å²) in [5.41, 5.74) is 2.32. The Kier molecular flexibility index (Phi) is 4.05. The molecule has 3 heteroatoms. The highest BCUT2D eigenvalue weighted by Crippen LogP contribution is 2.17. The molecule has 3 rings (SSSR count). The van der Waals surface area contributed by atoms with Crippen molar-refractivity contribution in [3.63, 3.8) is 0 Å². The molecule has 0 radical (unpaired) electrons. The van der Waals surface area contributed by atoms with Gasteiger partial charge < -0.3 is 9.64 Å². The van der Waals surface area contributed by atoms with Gasteiger partial charge in [-0.2, -0.15) is 0 Å². The predicted octanol–water partition coefficient (Wildman–Crippen LogP) is 3.29. The number of aryl methyl sites for hydroxylation is 1. The molecule has 2 nitrogen and oxygen atoms in total.